The third-order valence-electron chi connectivity index (χ3n) is 4.47. The van der Waals surface area contributed by atoms with Crippen LogP contribution in [-0.2, 0) is 20.1 Å². The average Bonchev–Trinajstić information content (AvgIpc) is 3.26. The third-order valence-corrected chi connectivity index (χ3v) is 5.49. The van der Waals surface area contributed by atoms with Gasteiger partial charge in [0.05, 0.1) is 0 Å². The zero-order valence-electron chi connectivity index (χ0n) is 15.2. The molecule has 2 heterocycles. The number of benzene rings is 2. The maximum atomic E-state index is 3.99. The molecule has 0 unspecified atom stereocenters. The smallest absolute Gasteiger partial charge is 0.209 e. The van der Waals surface area contributed by atoms with Crippen molar-refractivity contribution in [1.82, 2.24) is 30.1 Å². The van der Waals surface area contributed by atoms with Gasteiger partial charge in [-0.05, 0) is 27.6 Å². The minimum absolute atomic E-state index is 0.844. The van der Waals surface area contributed by atoms with Crippen molar-refractivity contribution in [2.45, 2.75) is 18.2 Å². The Morgan fingerprint density at radius 1 is 1.04 bits per heavy atom. The van der Waals surface area contributed by atoms with Gasteiger partial charge in [-0.1, -0.05) is 60.3 Å². The first-order chi connectivity index (χ1) is 13.3. The minimum atomic E-state index is 0.844. The van der Waals surface area contributed by atoms with Crippen molar-refractivity contribution < 1.29 is 0 Å². The number of fused-ring (bicyclic) bond motifs is 1. The van der Waals surface area contributed by atoms with Gasteiger partial charge in [0.1, 0.15) is 0 Å². The molecule has 4 rings (SSSR count). The topological polar surface area (TPSA) is 60.6 Å². The maximum Gasteiger partial charge on any atom is 0.209 e. The Bertz CT molecular complexity index is 1010. The van der Waals surface area contributed by atoms with E-state index in [1.165, 1.54) is 22.0 Å². The highest BCUT2D eigenvalue weighted by molar-refractivity contribution is 7.99. The lowest BCUT2D eigenvalue weighted by Gasteiger charge is -2.05. The van der Waals surface area contributed by atoms with Crippen molar-refractivity contribution in [2.75, 3.05) is 12.3 Å². The molecule has 138 valence electrons. The van der Waals surface area contributed by atoms with E-state index >= 15 is 0 Å². The molecule has 0 fully saturated rings. The lowest BCUT2D eigenvalue weighted by atomic mass is 10.2. The third kappa shape index (κ3) is 4.20. The van der Waals surface area contributed by atoms with Crippen LogP contribution < -0.4 is 5.32 Å². The Kier molecular flexibility index (Phi) is 5.50. The second-order valence-electron chi connectivity index (χ2n) is 6.40. The summed E-state index contributed by atoms with van der Waals surface area (Å²) < 4.78 is 4.03. The maximum absolute atomic E-state index is 3.99. The standard InChI is InChI=1S/C20H22N6S/c1-25-20(22-23-24-25)27-12-11-21-13-17-15-26(14-16-7-3-2-4-8-16)19-10-6-5-9-18(17)19/h2-10,15,21H,11-14H2,1H3. The monoisotopic (exact) mass is 378 g/mol. The van der Waals surface area contributed by atoms with Crippen molar-refractivity contribution >= 4 is 22.7 Å². The van der Waals surface area contributed by atoms with Gasteiger partial charge in [-0.2, -0.15) is 0 Å². The fraction of sp³-hybridized carbons (Fsp3) is 0.250. The SMILES string of the molecule is Cn1nnnc1SCCNCc1cn(Cc2ccccc2)c2ccccc12. The molecule has 0 saturated carbocycles. The molecule has 4 aromatic rings. The van der Waals surface area contributed by atoms with Crippen LogP contribution in [0, 0.1) is 0 Å². The number of thioether (sulfide) groups is 1. The lowest BCUT2D eigenvalue weighted by Crippen LogP contribution is -2.16. The number of nitrogens with one attached hydrogen (secondary N) is 1. The van der Waals surface area contributed by atoms with E-state index in [0.717, 1.165) is 30.5 Å². The highest BCUT2D eigenvalue weighted by Gasteiger charge is 2.08. The highest BCUT2D eigenvalue weighted by Crippen LogP contribution is 2.22. The van der Waals surface area contributed by atoms with Crippen LogP contribution in [0.1, 0.15) is 11.1 Å². The quantitative estimate of drug-likeness (QED) is 0.377. The van der Waals surface area contributed by atoms with E-state index in [0.29, 0.717) is 0 Å². The first-order valence-electron chi connectivity index (χ1n) is 8.98. The van der Waals surface area contributed by atoms with Crippen LogP contribution in [0.4, 0.5) is 0 Å². The molecule has 0 spiro atoms. The average molecular weight is 379 g/mol. The molecule has 6 nitrogen and oxygen atoms in total. The summed E-state index contributed by atoms with van der Waals surface area (Å²) in [6.45, 7) is 2.63. The molecule has 0 saturated heterocycles. The van der Waals surface area contributed by atoms with Crippen molar-refractivity contribution in [3.63, 3.8) is 0 Å². The summed E-state index contributed by atoms with van der Waals surface area (Å²) in [4.78, 5) is 0. The zero-order valence-corrected chi connectivity index (χ0v) is 16.1. The molecule has 2 aromatic heterocycles. The molecule has 2 aromatic carbocycles. The number of hydrogen-bond donors (Lipinski definition) is 1. The molecule has 0 atom stereocenters. The number of para-hydroxylation sites is 1. The second-order valence-corrected chi connectivity index (χ2v) is 7.46. The molecular formula is C20H22N6S. The Hall–Kier alpha value is -2.64. The number of tetrazole rings is 1. The Morgan fingerprint density at radius 3 is 2.67 bits per heavy atom. The van der Waals surface area contributed by atoms with E-state index in [4.69, 9.17) is 0 Å². The number of nitrogens with zero attached hydrogens (tertiary/aromatic N) is 5. The van der Waals surface area contributed by atoms with Gasteiger partial charge in [0.15, 0.2) is 0 Å². The Balaban J connectivity index is 1.40. The van der Waals surface area contributed by atoms with Crippen LogP contribution in [0.5, 0.6) is 0 Å². The summed E-state index contributed by atoms with van der Waals surface area (Å²) in [5, 5.41) is 17.2. The van der Waals surface area contributed by atoms with Crippen molar-refractivity contribution in [3.8, 4) is 0 Å². The van der Waals surface area contributed by atoms with Gasteiger partial charge in [0, 0.05) is 49.5 Å². The molecule has 0 radical (unpaired) electrons. The summed E-state index contributed by atoms with van der Waals surface area (Å²) in [7, 11) is 1.86. The van der Waals surface area contributed by atoms with Crippen molar-refractivity contribution in [2.24, 2.45) is 7.05 Å². The largest absolute Gasteiger partial charge is 0.343 e. The van der Waals surface area contributed by atoms with Gasteiger partial charge >= 0.3 is 0 Å². The summed E-state index contributed by atoms with van der Waals surface area (Å²) >= 11 is 1.66. The van der Waals surface area contributed by atoms with Crippen LogP contribution in [-0.4, -0.2) is 37.1 Å². The zero-order chi connectivity index (χ0) is 18.5. The van der Waals surface area contributed by atoms with Crippen LogP contribution in [0.2, 0.25) is 0 Å². The number of aromatic nitrogens is 5. The van der Waals surface area contributed by atoms with Gasteiger partial charge in [-0.3, -0.25) is 0 Å². The van der Waals surface area contributed by atoms with Crippen LogP contribution in [0.15, 0.2) is 66.0 Å². The van der Waals surface area contributed by atoms with Gasteiger partial charge in [0.2, 0.25) is 5.16 Å². The molecule has 7 heteroatoms. The van der Waals surface area contributed by atoms with E-state index in [-0.39, 0.29) is 0 Å². The summed E-state index contributed by atoms with van der Waals surface area (Å²) in [5.74, 6) is 0.927. The van der Waals surface area contributed by atoms with E-state index in [9.17, 15) is 0 Å². The lowest BCUT2D eigenvalue weighted by molar-refractivity contribution is 0.663. The normalized spacial score (nSPS) is 11.3. The van der Waals surface area contributed by atoms with E-state index in [2.05, 4.69) is 86.2 Å². The molecule has 0 aliphatic heterocycles. The fourth-order valence-corrected chi connectivity index (χ4v) is 3.90. The predicted molar refractivity (Wildman–Crippen MR) is 109 cm³/mol. The molecule has 27 heavy (non-hydrogen) atoms. The molecule has 0 bridgehead atoms. The molecule has 0 aliphatic rings. The minimum Gasteiger partial charge on any atom is -0.343 e. The van der Waals surface area contributed by atoms with Gasteiger partial charge < -0.3 is 9.88 Å². The van der Waals surface area contributed by atoms with Gasteiger partial charge in [0.25, 0.3) is 0 Å². The van der Waals surface area contributed by atoms with Gasteiger partial charge in [-0.15, -0.1) is 5.10 Å². The summed E-state index contributed by atoms with van der Waals surface area (Å²) in [6, 6.07) is 19.2. The number of aryl methyl sites for hydroxylation is 1. The Morgan fingerprint density at radius 2 is 1.85 bits per heavy atom. The highest BCUT2D eigenvalue weighted by atomic mass is 32.2. The summed E-state index contributed by atoms with van der Waals surface area (Å²) in [5.41, 5.74) is 3.91. The Labute approximate surface area is 162 Å². The van der Waals surface area contributed by atoms with Crippen molar-refractivity contribution in [1.29, 1.82) is 0 Å². The first kappa shape index (κ1) is 17.8. The molecule has 0 aliphatic carbocycles. The van der Waals surface area contributed by atoms with Crippen LogP contribution >= 0.6 is 11.8 Å². The second kappa shape index (κ2) is 8.37. The molecule has 0 amide bonds. The van der Waals surface area contributed by atoms with Gasteiger partial charge in [-0.25, -0.2) is 4.68 Å². The summed E-state index contributed by atoms with van der Waals surface area (Å²) in [6.07, 6.45) is 2.27. The predicted octanol–water partition coefficient (Wildman–Crippen LogP) is 3.10. The van der Waals surface area contributed by atoms with Crippen LogP contribution in [0.3, 0.4) is 0 Å². The molecule has 1 N–H and O–H groups in total. The van der Waals surface area contributed by atoms with Crippen LogP contribution in [0.25, 0.3) is 10.9 Å². The van der Waals surface area contributed by atoms with Crippen molar-refractivity contribution in [3.05, 3.63) is 71.9 Å². The first-order valence-corrected chi connectivity index (χ1v) is 9.96. The van der Waals surface area contributed by atoms with E-state index in [1.54, 1.807) is 16.4 Å². The molecular weight excluding hydrogens is 356 g/mol. The van der Waals surface area contributed by atoms with E-state index in [1.807, 2.05) is 7.05 Å². The fourth-order valence-electron chi connectivity index (χ4n) is 3.16. The number of hydrogen-bond acceptors (Lipinski definition) is 5. The number of rotatable bonds is 8. The van der Waals surface area contributed by atoms with E-state index < -0.39 is 0 Å².